The van der Waals surface area contributed by atoms with E-state index in [1.165, 1.54) is 0 Å². The third-order valence-electron chi connectivity index (χ3n) is 0.168. The molecule has 0 atom stereocenters. The van der Waals surface area contributed by atoms with Crippen molar-refractivity contribution in [2.24, 2.45) is 0 Å². The van der Waals surface area contributed by atoms with Gasteiger partial charge in [-0.1, -0.05) is 0 Å². The lowest BCUT2D eigenvalue weighted by molar-refractivity contribution is -0.163. The predicted molar refractivity (Wildman–Crippen MR) is 13.2 cm³/mol. The molecule has 0 fully saturated rings. The summed E-state index contributed by atoms with van der Waals surface area (Å²) in [6, 6.07) is -1.81. The molecule has 0 radical (unpaired) electrons. The van der Waals surface area contributed by atoms with E-state index in [0.717, 1.165) is 0 Å². The summed E-state index contributed by atoms with van der Waals surface area (Å²) in [6.07, 6.45) is 0. The molecule has 0 aromatic heterocycles. The Kier molecular flexibility index (Phi) is 2.48. The molecule has 0 spiro atoms. The first-order chi connectivity index (χ1) is 2.77. The van der Waals surface area contributed by atoms with E-state index >= 15 is 0 Å². The minimum absolute atomic E-state index is 1.10. The van der Waals surface area contributed by atoms with Crippen LogP contribution in [-0.4, -0.2) is 12.6 Å². The number of rotatable bonds is 2. The molecule has 0 heterocycles. The smallest absolute Gasteiger partial charge is 0.258 e. The van der Waals surface area contributed by atoms with Gasteiger partial charge in [0.25, 0.3) is 0 Å². The minimum Gasteiger partial charge on any atom is -0.258 e. The second-order valence-electron chi connectivity index (χ2n) is 0.609. The van der Waals surface area contributed by atoms with Crippen molar-refractivity contribution >= 4 is 6.04 Å². The maximum Gasteiger partial charge on any atom is 0.330 e. The van der Waals surface area contributed by atoms with Gasteiger partial charge < -0.3 is 0 Å². The SMILES string of the molecule is O=C(F)COF. The molecule has 0 unspecified atom stereocenters. The van der Waals surface area contributed by atoms with Gasteiger partial charge >= 0.3 is 6.04 Å². The molecule has 4 heteroatoms. The van der Waals surface area contributed by atoms with Gasteiger partial charge in [-0.2, -0.15) is 9.33 Å². The van der Waals surface area contributed by atoms with E-state index < -0.39 is 12.6 Å². The molecule has 0 aliphatic heterocycles. The summed E-state index contributed by atoms with van der Waals surface area (Å²) in [5, 5.41) is 0. The third kappa shape index (κ3) is 3.49. The van der Waals surface area contributed by atoms with Crippen LogP contribution in [0.5, 0.6) is 0 Å². The van der Waals surface area contributed by atoms with Gasteiger partial charge in [0.15, 0.2) is 6.61 Å². The highest BCUT2D eigenvalue weighted by molar-refractivity contribution is 5.68. The molecule has 0 aliphatic rings. The van der Waals surface area contributed by atoms with Crippen molar-refractivity contribution in [2.45, 2.75) is 0 Å². The molecular weight excluding hydrogens is 94.0 g/mol. The second kappa shape index (κ2) is 2.71. The standard InChI is InChI=1S/C2H2F2O2/c3-2(5)1-6-4/h1H2. The summed E-state index contributed by atoms with van der Waals surface area (Å²) in [6.45, 7) is -1.10. The highest BCUT2D eigenvalue weighted by Gasteiger charge is 1.93. The Morgan fingerprint density at radius 2 is 2.33 bits per heavy atom. The van der Waals surface area contributed by atoms with Crippen LogP contribution in [0, 0.1) is 0 Å². The number of carbonyl (C=O) groups is 1. The van der Waals surface area contributed by atoms with Crippen molar-refractivity contribution in [3.63, 3.8) is 0 Å². The Hall–Kier alpha value is -0.510. The Morgan fingerprint density at radius 1 is 1.83 bits per heavy atom. The fourth-order valence-corrected chi connectivity index (χ4v) is 0.0429. The molecule has 36 valence electrons. The Labute approximate surface area is 32.6 Å². The maximum atomic E-state index is 10.7. The van der Waals surface area contributed by atoms with Gasteiger partial charge in [0.1, 0.15) is 0 Å². The lowest BCUT2D eigenvalue weighted by Gasteiger charge is -1.75. The highest BCUT2D eigenvalue weighted by Crippen LogP contribution is 1.75. The summed E-state index contributed by atoms with van der Waals surface area (Å²) in [5.41, 5.74) is 0. The van der Waals surface area contributed by atoms with Crippen molar-refractivity contribution in [1.29, 1.82) is 0 Å². The van der Waals surface area contributed by atoms with E-state index in [1.807, 2.05) is 0 Å². The topological polar surface area (TPSA) is 26.3 Å². The third-order valence-corrected chi connectivity index (χ3v) is 0.168. The number of carbonyl (C=O) groups excluding carboxylic acids is 1. The van der Waals surface area contributed by atoms with E-state index in [0.29, 0.717) is 0 Å². The highest BCUT2D eigenvalue weighted by atomic mass is 19.3. The van der Waals surface area contributed by atoms with Gasteiger partial charge in [-0.25, -0.2) is 0 Å². The molecule has 0 aromatic rings. The molecule has 0 amide bonds. The van der Waals surface area contributed by atoms with Crippen LogP contribution in [0.1, 0.15) is 0 Å². The molecular formula is C2H2F2O2. The molecule has 0 saturated heterocycles. The molecule has 2 nitrogen and oxygen atoms in total. The summed E-state index contributed by atoms with van der Waals surface area (Å²) < 4.78 is 21.0. The van der Waals surface area contributed by atoms with E-state index in [4.69, 9.17) is 4.79 Å². The molecule has 0 aliphatic carbocycles. The van der Waals surface area contributed by atoms with Crippen molar-refractivity contribution in [1.82, 2.24) is 0 Å². The average molecular weight is 96.0 g/mol. The molecule has 0 rings (SSSR count). The van der Waals surface area contributed by atoms with Crippen molar-refractivity contribution in [2.75, 3.05) is 6.61 Å². The molecule has 0 aromatic carbocycles. The minimum atomic E-state index is -1.81. The van der Waals surface area contributed by atoms with Crippen LogP contribution >= 0.6 is 0 Å². The Balaban J connectivity index is 2.83. The normalized spacial score (nSPS) is 8.33. The first-order valence-electron chi connectivity index (χ1n) is 1.19. The fraction of sp³-hybridized carbons (Fsp3) is 0.500. The lowest BCUT2D eigenvalue weighted by atomic mass is 10.8. The summed E-state index contributed by atoms with van der Waals surface area (Å²) in [5.74, 6) is 0. The van der Waals surface area contributed by atoms with Crippen LogP contribution in [0.3, 0.4) is 0 Å². The number of hydrogen-bond acceptors (Lipinski definition) is 2. The molecule has 6 heavy (non-hydrogen) atoms. The first kappa shape index (κ1) is 5.49. The van der Waals surface area contributed by atoms with Gasteiger partial charge in [0, 0.05) is 0 Å². The predicted octanol–water partition coefficient (Wildman–Crippen LogP) is 0.384. The molecule has 0 saturated carbocycles. The van der Waals surface area contributed by atoms with Gasteiger partial charge in [0.2, 0.25) is 0 Å². The average Bonchev–Trinajstić information content (AvgIpc) is 1.35. The van der Waals surface area contributed by atoms with Gasteiger partial charge in [0.05, 0.1) is 0 Å². The summed E-state index contributed by atoms with van der Waals surface area (Å²) in [7, 11) is 0. The van der Waals surface area contributed by atoms with Gasteiger partial charge in [-0.05, 0) is 4.53 Å². The number of hydrogen-bond donors (Lipinski definition) is 0. The van der Waals surface area contributed by atoms with Crippen LogP contribution in [0.15, 0.2) is 0 Å². The van der Waals surface area contributed by atoms with Crippen molar-refractivity contribution in [3.8, 4) is 0 Å². The summed E-state index contributed by atoms with van der Waals surface area (Å²) in [4.78, 5) is 11.6. The quantitative estimate of drug-likeness (QED) is 0.464. The van der Waals surface area contributed by atoms with E-state index in [2.05, 4.69) is 4.94 Å². The van der Waals surface area contributed by atoms with E-state index in [1.54, 1.807) is 0 Å². The van der Waals surface area contributed by atoms with Crippen molar-refractivity contribution in [3.05, 3.63) is 0 Å². The first-order valence-corrected chi connectivity index (χ1v) is 1.19. The number of halogens is 2. The van der Waals surface area contributed by atoms with Gasteiger partial charge in [-0.15, -0.1) is 0 Å². The lowest BCUT2D eigenvalue weighted by Crippen LogP contribution is -1.94. The maximum absolute atomic E-state index is 10.7. The fourth-order valence-electron chi connectivity index (χ4n) is 0.0429. The van der Waals surface area contributed by atoms with Crippen LogP contribution < -0.4 is 0 Å². The largest absolute Gasteiger partial charge is 0.330 e. The van der Waals surface area contributed by atoms with Crippen LogP contribution in [-0.2, 0) is 9.74 Å². The summed E-state index contributed by atoms with van der Waals surface area (Å²) >= 11 is 0. The zero-order valence-electron chi connectivity index (χ0n) is 2.78. The van der Waals surface area contributed by atoms with E-state index in [-0.39, 0.29) is 0 Å². The van der Waals surface area contributed by atoms with Crippen LogP contribution in [0.2, 0.25) is 0 Å². The zero-order valence-corrected chi connectivity index (χ0v) is 2.78. The Bertz CT molecular complexity index is 53.5. The van der Waals surface area contributed by atoms with Crippen molar-refractivity contribution < 1.29 is 18.7 Å². The second-order valence-corrected chi connectivity index (χ2v) is 0.609. The zero-order chi connectivity index (χ0) is 4.99. The molecule has 0 N–H and O–H groups in total. The van der Waals surface area contributed by atoms with E-state index in [9.17, 15) is 8.92 Å². The Morgan fingerprint density at radius 3 is 2.33 bits per heavy atom. The van der Waals surface area contributed by atoms with Gasteiger partial charge in [-0.3, -0.25) is 4.79 Å². The van der Waals surface area contributed by atoms with Crippen LogP contribution in [0.4, 0.5) is 8.92 Å². The monoisotopic (exact) mass is 96.0 g/mol. The molecule has 0 bridgehead atoms. The van der Waals surface area contributed by atoms with Crippen LogP contribution in [0.25, 0.3) is 0 Å².